The molecule has 1 saturated carbocycles. The van der Waals surface area contributed by atoms with Crippen LogP contribution in [0.15, 0.2) is 34.7 Å². The molecule has 2 aromatic rings. The smallest absolute Gasteiger partial charge is 0.230 e. The zero-order valence-electron chi connectivity index (χ0n) is 12.8. The predicted molar refractivity (Wildman–Crippen MR) is 95.4 cm³/mol. The molecule has 122 valence electrons. The van der Waals surface area contributed by atoms with Crippen molar-refractivity contribution in [3.63, 3.8) is 0 Å². The highest BCUT2D eigenvalue weighted by molar-refractivity contribution is 8.01. The summed E-state index contributed by atoms with van der Waals surface area (Å²) >= 11 is 2.91. The molecule has 1 fully saturated rings. The van der Waals surface area contributed by atoms with Gasteiger partial charge in [0.05, 0.1) is 5.75 Å². The fourth-order valence-electron chi connectivity index (χ4n) is 2.61. The lowest BCUT2D eigenvalue weighted by Crippen LogP contribution is -2.37. The minimum absolute atomic E-state index is 0.0923. The van der Waals surface area contributed by atoms with Crippen molar-refractivity contribution in [1.82, 2.24) is 15.5 Å². The van der Waals surface area contributed by atoms with Crippen molar-refractivity contribution in [3.05, 3.63) is 30.3 Å². The number of benzene rings is 1. The Kier molecular flexibility index (Phi) is 5.87. The molecule has 0 unspecified atom stereocenters. The number of hydrogen-bond acceptors (Lipinski definition) is 6. The monoisotopic (exact) mass is 348 g/mol. The number of rotatable bonds is 6. The summed E-state index contributed by atoms with van der Waals surface area (Å²) in [4.78, 5) is 12.0. The molecule has 1 aliphatic carbocycles. The molecule has 1 aromatic carbocycles. The van der Waals surface area contributed by atoms with Gasteiger partial charge in [-0.2, -0.15) is 0 Å². The lowest BCUT2D eigenvalue weighted by molar-refractivity contribution is -0.119. The minimum Gasteiger partial charge on any atom is -0.353 e. The molecule has 0 atom stereocenters. The van der Waals surface area contributed by atoms with Gasteiger partial charge in [-0.15, -0.1) is 10.2 Å². The first kappa shape index (κ1) is 16.3. The molecule has 2 N–H and O–H groups in total. The van der Waals surface area contributed by atoms with Crippen LogP contribution in [0.25, 0.3) is 0 Å². The highest BCUT2D eigenvalue weighted by Crippen LogP contribution is 2.27. The van der Waals surface area contributed by atoms with Crippen LogP contribution in [0.4, 0.5) is 10.8 Å². The average Bonchev–Trinajstić information content (AvgIpc) is 3.02. The van der Waals surface area contributed by atoms with Gasteiger partial charge in [0.1, 0.15) is 0 Å². The Labute approximate surface area is 144 Å². The molecule has 3 rings (SSSR count). The molecule has 1 amide bonds. The lowest BCUT2D eigenvalue weighted by Gasteiger charge is -2.22. The molecule has 23 heavy (non-hydrogen) atoms. The van der Waals surface area contributed by atoms with Gasteiger partial charge in [0.15, 0.2) is 4.34 Å². The van der Waals surface area contributed by atoms with E-state index in [1.54, 1.807) is 0 Å². The molecule has 7 heteroatoms. The van der Waals surface area contributed by atoms with Gasteiger partial charge in [0.2, 0.25) is 11.0 Å². The Balaban J connectivity index is 1.44. The number of nitrogens with zero attached hydrogens (tertiary/aromatic N) is 2. The summed E-state index contributed by atoms with van der Waals surface area (Å²) in [5.74, 6) is 0.492. The van der Waals surface area contributed by atoms with Crippen molar-refractivity contribution >= 4 is 39.8 Å². The van der Waals surface area contributed by atoms with Crippen LogP contribution in [0.5, 0.6) is 0 Å². The Morgan fingerprint density at radius 3 is 2.74 bits per heavy atom. The van der Waals surface area contributed by atoms with E-state index in [9.17, 15) is 4.79 Å². The highest BCUT2D eigenvalue weighted by Gasteiger charge is 2.16. The third-order valence-corrected chi connectivity index (χ3v) is 5.70. The zero-order valence-corrected chi connectivity index (χ0v) is 14.5. The number of hydrogen-bond donors (Lipinski definition) is 2. The summed E-state index contributed by atoms with van der Waals surface area (Å²) in [5.41, 5.74) is 0.982. The van der Waals surface area contributed by atoms with E-state index < -0.39 is 0 Å². The normalized spacial score (nSPS) is 15.3. The maximum Gasteiger partial charge on any atom is 0.230 e. The van der Waals surface area contributed by atoms with Crippen molar-refractivity contribution in [2.45, 2.75) is 42.5 Å². The van der Waals surface area contributed by atoms with Gasteiger partial charge in [-0.05, 0) is 25.0 Å². The topological polar surface area (TPSA) is 66.9 Å². The van der Waals surface area contributed by atoms with E-state index >= 15 is 0 Å². The zero-order chi connectivity index (χ0) is 15.9. The number of thioether (sulfide) groups is 1. The van der Waals surface area contributed by atoms with Gasteiger partial charge in [0.25, 0.3) is 0 Å². The second-order valence-electron chi connectivity index (χ2n) is 5.56. The van der Waals surface area contributed by atoms with Crippen LogP contribution in [0, 0.1) is 0 Å². The number of amides is 1. The van der Waals surface area contributed by atoms with E-state index in [1.165, 1.54) is 42.4 Å². The van der Waals surface area contributed by atoms with Crippen molar-refractivity contribution in [1.29, 1.82) is 0 Å². The van der Waals surface area contributed by atoms with Crippen molar-refractivity contribution < 1.29 is 4.79 Å². The van der Waals surface area contributed by atoms with E-state index in [-0.39, 0.29) is 5.91 Å². The Hall–Kier alpha value is -1.60. The molecule has 1 aliphatic rings. The standard InChI is InChI=1S/C16H20N4OS2/c21-14(17-12-7-3-1-4-8-12)11-22-16-20-19-15(23-16)18-13-9-5-2-6-10-13/h2,5-6,9-10,12H,1,3-4,7-8,11H2,(H,17,21)(H,18,19). The second kappa shape index (κ2) is 8.31. The van der Waals surface area contributed by atoms with Crippen molar-refractivity contribution in [3.8, 4) is 0 Å². The summed E-state index contributed by atoms with van der Waals surface area (Å²) < 4.78 is 0.808. The van der Waals surface area contributed by atoms with E-state index in [4.69, 9.17) is 0 Å². The van der Waals surface area contributed by atoms with Crippen LogP contribution in [-0.4, -0.2) is 27.9 Å². The number of carbonyl (C=O) groups is 1. The lowest BCUT2D eigenvalue weighted by atomic mass is 9.95. The molecule has 1 heterocycles. The summed E-state index contributed by atoms with van der Waals surface area (Å²) in [6, 6.07) is 10.2. The van der Waals surface area contributed by atoms with Crippen molar-refractivity contribution in [2.75, 3.05) is 11.1 Å². The summed E-state index contributed by atoms with van der Waals surface area (Å²) in [5, 5.41) is 15.3. The van der Waals surface area contributed by atoms with Crippen LogP contribution >= 0.6 is 23.1 Å². The third kappa shape index (κ3) is 5.21. The Bertz CT molecular complexity index is 626. The highest BCUT2D eigenvalue weighted by atomic mass is 32.2. The van der Waals surface area contributed by atoms with Gasteiger partial charge in [-0.25, -0.2) is 0 Å². The van der Waals surface area contributed by atoms with E-state index in [0.29, 0.717) is 11.8 Å². The number of para-hydroxylation sites is 1. The molecule has 0 aliphatic heterocycles. The Morgan fingerprint density at radius 2 is 1.96 bits per heavy atom. The van der Waals surface area contributed by atoms with E-state index in [1.807, 2.05) is 30.3 Å². The fourth-order valence-corrected chi connectivity index (χ4v) is 4.19. The van der Waals surface area contributed by atoms with Gasteiger partial charge in [-0.3, -0.25) is 4.79 Å². The molecule has 0 spiro atoms. The molecule has 0 bridgehead atoms. The maximum absolute atomic E-state index is 12.0. The van der Waals surface area contributed by atoms with Crippen LogP contribution in [0.3, 0.4) is 0 Å². The van der Waals surface area contributed by atoms with E-state index in [0.717, 1.165) is 28.0 Å². The third-order valence-electron chi connectivity index (χ3n) is 3.73. The number of carbonyl (C=O) groups excluding carboxylic acids is 1. The first-order valence-electron chi connectivity index (χ1n) is 7.87. The van der Waals surface area contributed by atoms with Gasteiger partial charge >= 0.3 is 0 Å². The summed E-state index contributed by atoms with van der Waals surface area (Å²) in [6.07, 6.45) is 5.97. The number of nitrogens with one attached hydrogen (secondary N) is 2. The Morgan fingerprint density at radius 1 is 1.17 bits per heavy atom. The molecule has 5 nitrogen and oxygen atoms in total. The maximum atomic E-state index is 12.0. The molecular weight excluding hydrogens is 328 g/mol. The number of anilines is 2. The fraction of sp³-hybridized carbons (Fsp3) is 0.438. The van der Waals surface area contributed by atoms with Crippen LogP contribution in [0.2, 0.25) is 0 Å². The second-order valence-corrected chi connectivity index (χ2v) is 7.76. The number of aromatic nitrogens is 2. The quantitative estimate of drug-likeness (QED) is 0.777. The van der Waals surface area contributed by atoms with E-state index in [2.05, 4.69) is 20.8 Å². The predicted octanol–water partition coefficient (Wildman–Crippen LogP) is 3.82. The van der Waals surface area contributed by atoms with Crippen molar-refractivity contribution in [2.24, 2.45) is 0 Å². The van der Waals surface area contributed by atoms with Crippen LogP contribution in [-0.2, 0) is 4.79 Å². The summed E-state index contributed by atoms with van der Waals surface area (Å²) in [6.45, 7) is 0. The molecule has 0 radical (unpaired) electrons. The van der Waals surface area contributed by atoms with Gasteiger partial charge < -0.3 is 10.6 Å². The molecule has 1 aromatic heterocycles. The van der Waals surface area contributed by atoms with Gasteiger partial charge in [0, 0.05) is 11.7 Å². The first-order valence-corrected chi connectivity index (χ1v) is 9.67. The average molecular weight is 348 g/mol. The molecular formula is C16H20N4OS2. The SMILES string of the molecule is O=C(CSc1nnc(Nc2ccccc2)s1)NC1CCCCC1. The van der Waals surface area contributed by atoms with Crippen LogP contribution < -0.4 is 10.6 Å². The largest absolute Gasteiger partial charge is 0.353 e. The first-order chi connectivity index (χ1) is 11.3. The molecule has 0 saturated heterocycles. The van der Waals surface area contributed by atoms with Crippen LogP contribution in [0.1, 0.15) is 32.1 Å². The summed E-state index contributed by atoms with van der Waals surface area (Å²) in [7, 11) is 0. The minimum atomic E-state index is 0.0923. The van der Waals surface area contributed by atoms with Gasteiger partial charge in [-0.1, -0.05) is 60.6 Å².